The first kappa shape index (κ1) is 13.2. The highest BCUT2D eigenvalue weighted by Gasteiger charge is 2.10. The summed E-state index contributed by atoms with van der Waals surface area (Å²) in [5, 5.41) is 10.9. The Labute approximate surface area is 131 Å². The molecular weight excluding hydrogens is 298 g/mol. The molecule has 0 fully saturated rings. The highest BCUT2D eigenvalue weighted by atomic mass is 35.5. The SMILES string of the molecule is OCc1cccc(-n2cnc3cnc4ccc(Cl)cc4c32)c1. The standard InChI is InChI=1S/C17H12ClN3O/c18-12-4-5-15-14(7-12)17-16(8-19-15)20-10-21(17)13-3-1-2-11(6-13)9-22/h1-8,10,22H,9H2. The molecule has 0 unspecified atom stereocenters. The molecule has 0 aliphatic heterocycles. The van der Waals surface area contributed by atoms with Gasteiger partial charge in [-0.15, -0.1) is 0 Å². The topological polar surface area (TPSA) is 50.9 Å². The van der Waals surface area contributed by atoms with Crippen molar-refractivity contribution in [3.8, 4) is 5.69 Å². The third-order valence-corrected chi connectivity index (χ3v) is 3.94. The zero-order chi connectivity index (χ0) is 15.1. The summed E-state index contributed by atoms with van der Waals surface area (Å²) >= 11 is 6.14. The van der Waals surface area contributed by atoms with Crippen molar-refractivity contribution in [1.82, 2.24) is 14.5 Å². The lowest BCUT2D eigenvalue weighted by molar-refractivity contribution is 0.282. The number of fused-ring (bicyclic) bond motifs is 3. The molecule has 0 aliphatic carbocycles. The average Bonchev–Trinajstić information content (AvgIpc) is 2.99. The van der Waals surface area contributed by atoms with Crippen LogP contribution in [0.4, 0.5) is 0 Å². The Morgan fingerprint density at radius 3 is 2.82 bits per heavy atom. The van der Waals surface area contributed by atoms with E-state index in [4.69, 9.17) is 11.6 Å². The van der Waals surface area contributed by atoms with Crippen LogP contribution in [0.25, 0.3) is 27.6 Å². The minimum absolute atomic E-state index is 0.00853. The van der Waals surface area contributed by atoms with E-state index in [0.717, 1.165) is 33.2 Å². The summed E-state index contributed by atoms with van der Waals surface area (Å²) in [4.78, 5) is 8.84. The van der Waals surface area contributed by atoms with Crippen LogP contribution in [-0.2, 0) is 6.61 Å². The number of rotatable bonds is 2. The number of hydrogen-bond donors (Lipinski definition) is 1. The van der Waals surface area contributed by atoms with E-state index >= 15 is 0 Å². The van der Waals surface area contributed by atoms with E-state index in [1.54, 1.807) is 12.5 Å². The van der Waals surface area contributed by atoms with Gasteiger partial charge in [-0.05, 0) is 35.9 Å². The van der Waals surface area contributed by atoms with Crippen molar-refractivity contribution in [1.29, 1.82) is 0 Å². The van der Waals surface area contributed by atoms with Crippen LogP contribution in [0.3, 0.4) is 0 Å². The van der Waals surface area contributed by atoms with Crippen molar-refractivity contribution < 1.29 is 5.11 Å². The lowest BCUT2D eigenvalue weighted by atomic mass is 10.1. The molecular formula is C17H12ClN3O. The van der Waals surface area contributed by atoms with Gasteiger partial charge in [0.1, 0.15) is 11.8 Å². The Hall–Kier alpha value is -2.43. The highest BCUT2D eigenvalue weighted by molar-refractivity contribution is 6.31. The fourth-order valence-electron chi connectivity index (χ4n) is 2.67. The number of aliphatic hydroxyl groups is 1. The molecule has 0 saturated carbocycles. The van der Waals surface area contributed by atoms with Crippen LogP contribution >= 0.6 is 11.6 Å². The zero-order valence-electron chi connectivity index (χ0n) is 11.6. The van der Waals surface area contributed by atoms with Crippen LogP contribution in [0, 0.1) is 0 Å². The molecule has 0 saturated heterocycles. The van der Waals surface area contributed by atoms with Gasteiger partial charge in [-0.1, -0.05) is 23.7 Å². The van der Waals surface area contributed by atoms with Gasteiger partial charge >= 0.3 is 0 Å². The number of pyridine rings is 1. The smallest absolute Gasteiger partial charge is 0.108 e. The monoisotopic (exact) mass is 309 g/mol. The van der Waals surface area contributed by atoms with Crippen LogP contribution in [0.5, 0.6) is 0 Å². The molecule has 5 heteroatoms. The molecule has 0 aliphatic rings. The Bertz CT molecular complexity index is 994. The lowest BCUT2D eigenvalue weighted by Gasteiger charge is -2.08. The minimum atomic E-state index is 0.00853. The van der Waals surface area contributed by atoms with Gasteiger partial charge in [0, 0.05) is 16.1 Å². The summed E-state index contributed by atoms with van der Waals surface area (Å²) in [6.07, 6.45) is 3.53. The first-order valence-corrected chi connectivity index (χ1v) is 7.25. The maximum atomic E-state index is 9.33. The molecule has 0 atom stereocenters. The van der Waals surface area contributed by atoms with Crippen LogP contribution in [-0.4, -0.2) is 19.6 Å². The third-order valence-electron chi connectivity index (χ3n) is 3.71. The fraction of sp³-hybridized carbons (Fsp3) is 0.0588. The van der Waals surface area contributed by atoms with Crippen LogP contribution < -0.4 is 0 Å². The maximum absolute atomic E-state index is 9.33. The second-order valence-corrected chi connectivity index (χ2v) is 5.53. The first-order valence-electron chi connectivity index (χ1n) is 6.88. The molecule has 0 bridgehead atoms. The van der Waals surface area contributed by atoms with E-state index in [2.05, 4.69) is 9.97 Å². The molecule has 0 amide bonds. The van der Waals surface area contributed by atoms with Crippen molar-refractivity contribution in [3.63, 3.8) is 0 Å². The summed E-state index contributed by atoms with van der Waals surface area (Å²) in [5.41, 5.74) is 4.45. The quantitative estimate of drug-likeness (QED) is 0.614. The van der Waals surface area contributed by atoms with Crippen molar-refractivity contribution >= 4 is 33.5 Å². The predicted molar refractivity (Wildman–Crippen MR) is 87.3 cm³/mol. The minimum Gasteiger partial charge on any atom is -0.392 e. The number of aliphatic hydroxyl groups excluding tert-OH is 1. The van der Waals surface area contributed by atoms with Crippen molar-refractivity contribution in [2.24, 2.45) is 0 Å². The molecule has 2 heterocycles. The van der Waals surface area contributed by atoms with E-state index in [1.807, 2.05) is 47.0 Å². The molecule has 4 aromatic rings. The number of benzene rings is 2. The molecule has 2 aromatic heterocycles. The van der Waals surface area contributed by atoms with Gasteiger partial charge in [-0.2, -0.15) is 0 Å². The lowest BCUT2D eigenvalue weighted by Crippen LogP contribution is -1.95. The number of hydrogen-bond acceptors (Lipinski definition) is 3. The van der Waals surface area contributed by atoms with Gasteiger partial charge in [0.15, 0.2) is 0 Å². The van der Waals surface area contributed by atoms with Crippen molar-refractivity contribution in [2.75, 3.05) is 0 Å². The highest BCUT2D eigenvalue weighted by Crippen LogP contribution is 2.28. The molecule has 2 aromatic carbocycles. The number of nitrogens with zero attached hydrogens (tertiary/aromatic N) is 3. The van der Waals surface area contributed by atoms with Crippen LogP contribution in [0.15, 0.2) is 55.0 Å². The molecule has 4 rings (SSSR count). The van der Waals surface area contributed by atoms with E-state index in [9.17, 15) is 5.11 Å². The van der Waals surface area contributed by atoms with E-state index < -0.39 is 0 Å². The second kappa shape index (κ2) is 5.09. The molecule has 0 spiro atoms. The average molecular weight is 310 g/mol. The van der Waals surface area contributed by atoms with Gasteiger partial charge < -0.3 is 5.11 Å². The third kappa shape index (κ3) is 2.04. The Kier molecular flexibility index (Phi) is 3.06. The second-order valence-electron chi connectivity index (χ2n) is 5.10. The summed E-state index contributed by atoms with van der Waals surface area (Å²) < 4.78 is 1.99. The van der Waals surface area contributed by atoms with Crippen molar-refractivity contribution in [2.45, 2.75) is 6.61 Å². The van der Waals surface area contributed by atoms with Gasteiger partial charge in [-0.25, -0.2) is 4.98 Å². The van der Waals surface area contributed by atoms with Crippen molar-refractivity contribution in [3.05, 3.63) is 65.6 Å². The maximum Gasteiger partial charge on any atom is 0.108 e. The predicted octanol–water partition coefficient (Wildman–Crippen LogP) is 3.72. The van der Waals surface area contributed by atoms with Crippen LogP contribution in [0.2, 0.25) is 5.02 Å². The Morgan fingerprint density at radius 2 is 1.95 bits per heavy atom. The summed E-state index contributed by atoms with van der Waals surface area (Å²) in [6.45, 7) is 0.00853. The largest absolute Gasteiger partial charge is 0.392 e. The Balaban J connectivity index is 2.07. The molecule has 108 valence electrons. The van der Waals surface area contributed by atoms with Gasteiger partial charge in [0.2, 0.25) is 0 Å². The van der Waals surface area contributed by atoms with E-state index in [1.165, 1.54) is 0 Å². The molecule has 22 heavy (non-hydrogen) atoms. The summed E-state index contributed by atoms with van der Waals surface area (Å²) in [6, 6.07) is 13.4. The normalized spacial score (nSPS) is 11.4. The molecule has 1 N–H and O–H groups in total. The number of imidazole rings is 1. The summed E-state index contributed by atoms with van der Waals surface area (Å²) in [7, 11) is 0. The van der Waals surface area contributed by atoms with Crippen LogP contribution in [0.1, 0.15) is 5.56 Å². The molecule has 0 radical (unpaired) electrons. The van der Waals surface area contributed by atoms with E-state index in [0.29, 0.717) is 5.02 Å². The Morgan fingerprint density at radius 1 is 1.05 bits per heavy atom. The van der Waals surface area contributed by atoms with E-state index in [-0.39, 0.29) is 6.61 Å². The zero-order valence-corrected chi connectivity index (χ0v) is 12.3. The van der Waals surface area contributed by atoms with Gasteiger partial charge in [0.25, 0.3) is 0 Å². The number of halogens is 1. The summed E-state index contributed by atoms with van der Waals surface area (Å²) in [5.74, 6) is 0. The molecule has 4 nitrogen and oxygen atoms in total. The number of aromatic nitrogens is 3. The van der Waals surface area contributed by atoms with Gasteiger partial charge in [0.05, 0.1) is 23.8 Å². The van der Waals surface area contributed by atoms with Gasteiger partial charge in [-0.3, -0.25) is 9.55 Å². The fourth-order valence-corrected chi connectivity index (χ4v) is 2.84. The first-order chi connectivity index (χ1) is 10.8.